The Morgan fingerprint density at radius 3 is 2.20 bits per heavy atom. The SMILES string of the molecule is CC[B-](CC)(CC)c1c(C)c2ccccc2n1COC. The van der Waals surface area contributed by atoms with Gasteiger partial charge in [-0.15, -0.1) is 5.59 Å². The number of hydrogen-bond acceptors (Lipinski definition) is 1. The summed E-state index contributed by atoms with van der Waals surface area (Å²) in [5.41, 5.74) is 4.28. The molecule has 0 amide bonds. The number of para-hydroxylation sites is 1. The lowest BCUT2D eigenvalue weighted by Crippen LogP contribution is -2.51. The van der Waals surface area contributed by atoms with Gasteiger partial charge in [-0.05, 0) is 18.4 Å². The van der Waals surface area contributed by atoms with Crippen LogP contribution >= 0.6 is 0 Å². The smallest absolute Gasteiger partial charge is 0.119 e. The second-order valence-electron chi connectivity index (χ2n) is 6.08. The Kier molecular flexibility index (Phi) is 4.59. The predicted octanol–water partition coefficient (Wildman–Crippen LogP) is 4.27. The minimum absolute atomic E-state index is 0.501. The monoisotopic (exact) mass is 272 g/mol. The number of benzene rings is 1. The van der Waals surface area contributed by atoms with Crippen LogP contribution in [-0.2, 0) is 11.5 Å². The average Bonchev–Trinajstić information content (AvgIpc) is 2.77. The summed E-state index contributed by atoms with van der Waals surface area (Å²) in [5, 5.41) is 1.38. The lowest BCUT2D eigenvalue weighted by atomic mass is 9.18. The van der Waals surface area contributed by atoms with E-state index in [2.05, 4.69) is 56.5 Å². The van der Waals surface area contributed by atoms with Crippen molar-refractivity contribution in [3.63, 3.8) is 0 Å². The molecule has 0 bridgehead atoms. The summed E-state index contributed by atoms with van der Waals surface area (Å²) in [6.45, 7) is 9.93. The van der Waals surface area contributed by atoms with E-state index in [-0.39, 0.29) is 0 Å². The topological polar surface area (TPSA) is 14.2 Å². The minimum Gasteiger partial charge on any atom is -0.364 e. The second-order valence-corrected chi connectivity index (χ2v) is 6.08. The van der Waals surface area contributed by atoms with Crippen LogP contribution in [0.2, 0.25) is 19.0 Å². The highest BCUT2D eigenvalue weighted by Gasteiger charge is 2.27. The van der Waals surface area contributed by atoms with Gasteiger partial charge in [-0.3, -0.25) is 0 Å². The van der Waals surface area contributed by atoms with Crippen LogP contribution in [-0.4, -0.2) is 17.8 Å². The first-order valence-electron chi connectivity index (χ1n) is 7.92. The standard InChI is InChI=1S/C17H27BNO/c1-6-18(7-2,8-3)17-14(4)15-11-9-10-12-16(15)19(17)13-20-5/h9-12H,6-8,13H2,1-5H3/q-1. The van der Waals surface area contributed by atoms with Crippen LogP contribution in [0.25, 0.3) is 10.9 Å². The molecule has 2 rings (SSSR count). The average molecular weight is 272 g/mol. The molecule has 0 atom stereocenters. The maximum atomic E-state index is 5.49. The fraction of sp³-hybridized carbons (Fsp3) is 0.529. The lowest BCUT2D eigenvalue weighted by molar-refractivity contribution is 0.137. The van der Waals surface area contributed by atoms with Gasteiger partial charge in [0.05, 0.1) is 0 Å². The van der Waals surface area contributed by atoms with Crippen LogP contribution in [0.1, 0.15) is 26.3 Å². The Balaban J connectivity index is 2.79. The molecule has 1 heterocycles. The van der Waals surface area contributed by atoms with Gasteiger partial charge in [0.15, 0.2) is 0 Å². The van der Waals surface area contributed by atoms with E-state index in [0.717, 1.165) is 0 Å². The van der Waals surface area contributed by atoms with Crippen molar-refractivity contribution in [1.29, 1.82) is 0 Å². The van der Waals surface area contributed by atoms with Crippen LogP contribution in [0, 0.1) is 6.92 Å². The molecule has 0 unspecified atom stereocenters. The third kappa shape index (κ3) is 2.18. The van der Waals surface area contributed by atoms with E-state index >= 15 is 0 Å². The van der Waals surface area contributed by atoms with Crippen molar-refractivity contribution >= 4 is 22.6 Å². The van der Waals surface area contributed by atoms with Gasteiger partial charge >= 0.3 is 0 Å². The molecule has 1 aromatic heterocycles. The molecule has 0 spiro atoms. The fourth-order valence-corrected chi connectivity index (χ4v) is 4.00. The maximum Gasteiger partial charge on any atom is 0.119 e. The molecule has 110 valence electrons. The molecule has 0 saturated heterocycles. The van der Waals surface area contributed by atoms with Crippen molar-refractivity contribution < 1.29 is 4.74 Å². The summed E-state index contributed by atoms with van der Waals surface area (Å²) < 4.78 is 7.90. The Morgan fingerprint density at radius 1 is 1.05 bits per heavy atom. The third-order valence-corrected chi connectivity index (χ3v) is 5.46. The molecule has 0 fully saturated rings. The number of fused-ring (bicyclic) bond motifs is 1. The first-order valence-corrected chi connectivity index (χ1v) is 7.92. The summed E-state index contributed by atoms with van der Waals surface area (Å²) >= 11 is 0. The zero-order chi connectivity index (χ0) is 14.8. The predicted molar refractivity (Wildman–Crippen MR) is 90.5 cm³/mol. The molecular formula is C17H27BNO-. The molecule has 0 radical (unpaired) electrons. The molecule has 0 aliphatic carbocycles. The summed E-state index contributed by atoms with van der Waals surface area (Å²) in [6, 6.07) is 8.71. The number of aromatic nitrogens is 1. The minimum atomic E-state index is -0.501. The quantitative estimate of drug-likeness (QED) is 0.716. The van der Waals surface area contributed by atoms with Gasteiger partial charge in [0.2, 0.25) is 0 Å². The molecule has 1 aromatic carbocycles. The normalized spacial score (nSPS) is 12.2. The molecule has 20 heavy (non-hydrogen) atoms. The maximum absolute atomic E-state index is 5.49. The van der Waals surface area contributed by atoms with E-state index in [1.807, 2.05) is 0 Å². The van der Waals surface area contributed by atoms with Crippen molar-refractivity contribution in [3.8, 4) is 0 Å². The van der Waals surface area contributed by atoms with E-state index in [0.29, 0.717) is 6.73 Å². The van der Waals surface area contributed by atoms with E-state index in [9.17, 15) is 0 Å². The van der Waals surface area contributed by atoms with Crippen LogP contribution in [0.4, 0.5) is 0 Å². The van der Waals surface area contributed by atoms with Crippen LogP contribution in [0.15, 0.2) is 24.3 Å². The zero-order valence-corrected chi connectivity index (χ0v) is 13.6. The molecule has 2 aromatic rings. The Labute approximate surface area is 123 Å². The Morgan fingerprint density at radius 2 is 1.65 bits per heavy atom. The highest BCUT2D eigenvalue weighted by Crippen LogP contribution is 2.28. The summed E-state index contributed by atoms with van der Waals surface area (Å²) in [4.78, 5) is 0. The zero-order valence-electron chi connectivity index (χ0n) is 13.6. The van der Waals surface area contributed by atoms with Crippen molar-refractivity contribution in [2.45, 2.75) is 53.4 Å². The number of hydrogen-bond donors (Lipinski definition) is 0. The van der Waals surface area contributed by atoms with Gasteiger partial charge in [-0.1, -0.05) is 44.5 Å². The van der Waals surface area contributed by atoms with Gasteiger partial charge in [0.25, 0.3) is 0 Å². The largest absolute Gasteiger partial charge is 0.364 e. The lowest BCUT2D eigenvalue weighted by Gasteiger charge is -2.39. The van der Waals surface area contributed by atoms with E-state index < -0.39 is 6.15 Å². The summed E-state index contributed by atoms with van der Waals surface area (Å²) in [5.74, 6) is 0. The number of nitrogens with zero attached hydrogens (tertiary/aromatic N) is 1. The highest BCUT2D eigenvalue weighted by atomic mass is 16.5. The van der Waals surface area contributed by atoms with Crippen molar-refractivity contribution in [2.24, 2.45) is 0 Å². The van der Waals surface area contributed by atoms with E-state index in [1.165, 1.54) is 41.0 Å². The van der Waals surface area contributed by atoms with Crippen LogP contribution in [0.5, 0.6) is 0 Å². The first kappa shape index (κ1) is 15.2. The van der Waals surface area contributed by atoms with Crippen molar-refractivity contribution in [1.82, 2.24) is 4.57 Å². The third-order valence-electron chi connectivity index (χ3n) is 5.46. The van der Waals surface area contributed by atoms with Gasteiger partial charge in [-0.25, -0.2) is 0 Å². The van der Waals surface area contributed by atoms with Crippen molar-refractivity contribution in [2.75, 3.05) is 7.11 Å². The van der Waals surface area contributed by atoms with Crippen LogP contribution in [0.3, 0.4) is 0 Å². The molecule has 2 nitrogen and oxygen atoms in total. The molecule has 0 aliphatic heterocycles. The van der Waals surface area contributed by atoms with Crippen LogP contribution < -0.4 is 5.59 Å². The van der Waals surface area contributed by atoms with Crippen molar-refractivity contribution in [3.05, 3.63) is 29.8 Å². The highest BCUT2D eigenvalue weighted by molar-refractivity contribution is 6.91. The Hall–Kier alpha value is -1.22. The van der Waals surface area contributed by atoms with Gasteiger partial charge in [0, 0.05) is 18.8 Å². The number of aryl methyl sites for hydroxylation is 1. The number of rotatable bonds is 6. The van der Waals surface area contributed by atoms with Gasteiger partial charge in [-0.2, -0.15) is 19.0 Å². The van der Waals surface area contributed by atoms with E-state index in [4.69, 9.17) is 4.74 Å². The molecular weight excluding hydrogens is 245 g/mol. The molecule has 0 N–H and O–H groups in total. The summed E-state index contributed by atoms with van der Waals surface area (Å²) in [7, 11) is 1.78. The molecule has 3 heteroatoms. The first-order chi connectivity index (χ1) is 9.65. The molecule has 0 saturated carbocycles. The second kappa shape index (κ2) is 6.05. The van der Waals surface area contributed by atoms with Gasteiger partial charge < -0.3 is 9.30 Å². The Bertz CT molecular complexity index is 576. The molecule has 0 aliphatic rings. The van der Waals surface area contributed by atoms with Gasteiger partial charge in [0.1, 0.15) is 6.73 Å². The number of ether oxygens (including phenoxy) is 1. The van der Waals surface area contributed by atoms with E-state index in [1.54, 1.807) is 7.11 Å². The fourth-order valence-electron chi connectivity index (χ4n) is 4.00. The number of methoxy groups -OCH3 is 1. The summed E-state index contributed by atoms with van der Waals surface area (Å²) in [6.07, 6.45) is 3.19.